The first-order valence-electron chi connectivity index (χ1n) is 6.85. The van der Waals surface area contributed by atoms with E-state index in [1.54, 1.807) is 0 Å². The fourth-order valence-electron chi connectivity index (χ4n) is 1.73. The number of rotatable bonds is 4. The highest BCUT2D eigenvalue weighted by atomic mass is 16.6. The van der Waals surface area contributed by atoms with Crippen molar-refractivity contribution < 1.29 is 39.5 Å². The van der Waals surface area contributed by atoms with Crippen LogP contribution in [0.1, 0.15) is 20.7 Å². The van der Waals surface area contributed by atoms with Crippen molar-refractivity contribution in [1.82, 2.24) is 0 Å². The Morgan fingerprint density at radius 2 is 1.30 bits per heavy atom. The minimum atomic E-state index is -1.25. The number of carbonyl (C=O) groups excluding carboxylic acids is 1. The van der Waals surface area contributed by atoms with Crippen molar-refractivity contribution >= 4 is 23.3 Å². The third kappa shape index (κ3) is 5.38. The van der Waals surface area contributed by atoms with Gasteiger partial charge in [0, 0.05) is 24.3 Å². The number of carboxylic acid groups (broad SMARTS) is 1. The van der Waals surface area contributed by atoms with E-state index >= 15 is 0 Å². The number of phenolic OH excluding ortho intramolecular Hbond substituents is 2. The van der Waals surface area contributed by atoms with E-state index < -0.39 is 44.7 Å². The summed E-state index contributed by atoms with van der Waals surface area (Å²) >= 11 is 0. The smallest absolute Gasteiger partial charge is 0.337 e. The maximum Gasteiger partial charge on any atom is 0.337 e. The number of phenols is 2. The van der Waals surface area contributed by atoms with Crippen molar-refractivity contribution in [1.29, 1.82) is 0 Å². The first-order chi connectivity index (χ1) is 12.6. The fourth-order valence-corrected chi connectivity index (χ4v) is 1.73. The lowest BCUT2D eigenvalue weighted by Crippen LogP contribution is -2.01. The lowest BCUT2D eigenvalue weighted by atomic mass is 10.2. The molecule has 12 nitrogen and oxygen atoms in total. The molecule has 0 saturated carbocycles. The van der Waals surface area contributed by atoms with E-state index in [4.69, 9.17) is 15.3 Å². The molecule has 0 spiro atoms. The van der Waals surface area contributed by atoms with Gasteiger partial charge in [-0.1, -0.05) is 0 Å². The highest BCUT2D eigenvalue weighted by Crippen LogP contribution is 2.27. The van der Waals surface area contributed by atoms with Gasteiger partial charge in [-0.25, -0.2) is 9.59 Å². The summed E-state index contributed by atoms with van der Waals surface area (Å²) in [6.07, 6.45) is 0. The predicted molar refractivity (Wildman–Crippen MR) is 87.8 cm³/mol. The van der Waals surface area contributed by atoms with Crippen molar-refractivity contribution in [3.8, 4) is 11.5 Å². The van der Waals surface area contributed by atoms with Crippen molar-refractivity contribution in [2.75, 3.05) is 7.11 Å². The zero-order chi connectivity index (χ0) is 20.7. The van der Waals surface area contributed by atoms with Gasteiger partial charge < -0.3 is 20.1 Å². The molecule has 2 aromatic carbocycles. The molecule has 0 aromatic heterocycles. The van der Waals surface area contributed by atoms with E-state index in [2.05, 4.69) is 4.74 Å². The lowest BCUT2D eigenvalue weighted by Gasteiger charge is -1.99. The number of benzene rings is 2. The normalized spacial score (nSPS) is 9.52. The SMILES string of the molecule is COC(=O)c1ccc([N+](=O)[O-])c(O)c1.O=C(O)c1ccc([N+](=O)[O-])c(O)c1. The predicted octanol–water partition coefficient (Wildman–Crippen LogP) is 2.09. The quantitative estimate of drug-likeness (QED) is 0.402. The minimum absolute atomic E-state index is 0.0654. The molecule has 0 aliphatic rings. The van der Waals surface area contributed by atoms with Gasteiger partial charge in [0.25, 0.3) is 0 Å². The van der Waals surface area contributed by atoms with E-state index in [0.717, 1.165) is 30.3 Å². The maximum absolute atomic E-state index is 10.9. The van der Waals surface area contributed by atoms with Crippen LogP contribution in [0.3, 0.4) is 0 Å². The van der Waals surface area contributed by atoms with Crippen LogP contribution in [0.4, 0.5) is 11.4 Å². The molecule has 0 unspecified atom stereocenters. The number of nitro benzene ring substituents is 2. The molecule has 0 aliphatic heterocycles. The summed E-state index contributed by atoms with van der Waals surface area (Å²) in [6, 6.07) is 6.08. The average Bonchev–Trinajstić information content (AvgIpc) is 2.60. The number of carbonyl (C=O) groups is 2. The summed E-state index contributed by atoms with van der Waals surface area (Å²) in [6.45, 7) is 0. The lowest BCUT2D eigenvalue weighted by molar-refractivity contribution is -0.386. The second-order valence-corrected chi connectivity index (χ2v) is 4.72. The van der Waals surface area contributed by atoms with E-state index in [9.17, 15) is 29.8 Å². The van der Waals surface area contributed by atoms with Crippen molar-refractivity contribution in [3.63, 3.8) is 0 Å². The van der Waals surface area contributed by atoms with Crippen LogP contribution in [0.25, 0.3) is 0 Å². The number of carboxylic acids is 1. The Labute approximate surface area is 150 Å². The Morgan fingerprint density at radius 3 is 1.63 bits per heavy atom. The number of esters is 1. The summed E-state index contributed by atoms with van der Waals surface area (Å²) < 4.78 is 4.37. The second-order valence-electron chi connectivity index (χ2n) is 4.72. The number of hydrogen-bond acceptors (Lipinski definition) is 9. The Kier molecular flexibility index (Phi) is 6.75. The summed E-state index contributed by atoms with van der Waals surface area (Å²) in [4.78, 5) is 40.3. The molecular formula is C15H12N2O10. The van der Waals surface area contributed by atoms with Crippen LogP contribution in [0, 0.1) is 20.2 Å². The first-order valence-corrected chi connectivity index (χ1v) is 6.85. The van der Waals surface area contributed by atoms with Crippen LogP contribution in [0.15, 0.2) is 36.4 Å². The first kappa shape index (κ1) is 20.8. The Balaban J connectivity index is 0.000000271. The molecule has 27 heavy (non-hydrogen) atoms. The summed E-state index contributed by atoms with van der Waals surface area (Å²) in [5, 5.41) is 47.1. The molecule has 0 bridgehead atoms. The van der Waals surface area contributed by atoms with Crippen molar-refractivity contribution in [3.05, 3.63) is 67.8 Å². The van der Waals surface area contributed by atoms with Crippen molar-refractivity contribution in [2.45, 2.75) is 0 Å². The molecule has 2 aromatic rings. The van der Waals surface area contributed by atoms with Gasteiger partial charge in [0.2, 0.25) is 0 Å². The minimum Gasteiger partial charge on any atom is -0.502 e. The Hall–Kier alpha value is -4.22. The van der Waals surface area contributed by atoms with Gasteiger partial charge in [0.15, 0.2) is 11.5 Å². The van der Waals surface area contributed by atoms with Gasteiger partial charge in [-0.3, -0.25) is 20.2 Å². The standard InChI is InChI=1S/C8H7NO5.C7H5NO5/c1-14-8(11)5-2-3-6(9(12)13)7(10)4-5;9-6-3-4(7(10)11)1-2-5(6)8(12)13/h2-4,10H,1H3;1-3,9H,(H,10,11). The van der Waals surface area contributed by atoms with Crippen LogP contribution < -0.4 is 0 Å². The van der Waals surface area contributed by atoms with E-state index in [1.807, 2.05) is 0 Å². The highest BCUT2D eigenvalue weighted by molar-refractivity contribution is 5.90. The van der Waals surface area contributed by atoms with Crippen molar-refractivity contribution in [2.24, 2.45) is 0 Å². The molecule has 0 saturated heterocycles. The van der Waals surface area contributed by atoms with Gasteiger partial charge in [0.05, 0.1) is 28.1 Å². The van der Waals surface area contributed by atoms with Crippen LogP contribution in [0.2, 0.25) is 0 Å². The third-order valence-corrected chi connectivity index (χ3v) is 3.01. The van der Waals surface area contributed by atoms with E-state index in [1.165, 1.54) is 13.2 Å². The molecule has 0 radical (unpaired) electrons. The average molecular weight is 380 g/mol. The molecule has 0 aliphatic carbocycles. The number of nitrogens with zero attached hydrogens (tertiary/aromatic N) is 2. The van der Waals surface area contributed by atoms with Gasteiger partial charge in [0.1, 0.15) is 0 Å². The Bertz CT molecular complexity index is 909. The maximum atomic E-state index is 10.9. The molecule has 3 N–H and O–H groups in total. The topological polar surface area (TPSA) is 190 Å². The van der Waals surface area contributed by atoms with Crippen LogP contribution in [-0.4, -0.2) is 44.2 Å². The van der Waals surface area contributed by atoms with E-state index in [-0.39, 0.29) is 11.1 Å². The number of methoxy groups -OCH3 is 1. The molecule has 12 heteroatoms. The van der Waals surface area contributed by atoms with Gasteiger partial charge >= 0.3 is 23.3 Å². The van der Waals surface area contributed by atoms with Gasteiger partial charge in [-0.05, 0) is 12.1 Å². The number of ether oxygens (including phenoxy) is 1. The number of aromatic hydroxyl groups is 2. The molecule has 2 rings (SSSR count). The molecule has 142 valence electrons. The zero-order valence-electron chi connectivity index (χ0n) is 13.6. The third-order valence-electron chi connectivity index (χ3n) is 3.01. The summed E-state index contributed by atoms with van der Waals surface area (Å²) in [7, 11) is 1.18. The molecule has 0 atom stereocenters. The number of nitro groups is 2. The van der Waals surface area contributed by atoms with Gasteiger partial charge in [-0.15, -0.1) is 0 Å². The van der Waals surface area contributed by atoms with Gasteiger partial charge in [-0.2, -0.15) is 0 Å². The highest BCUT2D eigenvalue weighted by Gasteiger charge is 2.16. The van der Waals surface area contributed by atoms with Crippen LogP contribution in [-0.2, 0) is 4.74 Å². The molecule has 0 heterocycles. The summed E-state index contributed by atoms with van der Waals surface area (Å²) in [5.74, 6) is -3.11. The fraction of sp³-hybridized carbons (Fsp3) is 0.0667. The van der Waals surface area contributed by atoms with E-state index in [0.29, 0.717) is 0 Å². The molecule has 0 fully saturated rings. The monoisotopic (exact) mass is 380 g/mol. The summed E-state index contributed by atoms with van der Waals surface area (Å²) in [5.41, 5.74) is -1.08. The van der Waals surface area contributed by atoms with Crippen LogP contribution >= 0.6 is 0 Å². The largest absolute Gasteiger partial charge is 0.502 e. The Morgan fingerprint density at radius 1 is 0.889 bits per heavy atom. The molecular weight excluding hydrogens is 368 g/mol. The second kappa shape index (κ2) is 8.75. The zero-order valence-corrected chi connectivity index (χ0v) is 13.6. The number of aromatic carboxylic acids is 1. The number of hydrogen-bond donors (Lipinski definition) is 3. The van der Waals surface area contributed by atoms with Crippen LogP contribution in [0.5, 0.6) is 11.5 Å². The molecule has 0 amide bonds.